The molecular formula is C17H19NO3. The van der Waals surface area contributed by atoms with Crippen LogP contribution in [-0.4, -0.2) is 17.6 Å². The van der Waals surface area contributed by atoms with E-state index >= 15 is 0 Å². The van der Waals surface area contributed by atoms with Crippen molar-refractivity contribution in [1.29, 1.82) is 0 Å². The molecule has 0 amide bonds. The first kappa shape index (κ1) is 15.1. The van der Waals surface area contributed by atoms with Crippen molar-refractivity contribution in [3.63, 3.8) is 0 Å². The zero-order valence-corrected chi connectivity index (χ0v) is 11.8. The van der Waals surface area contributed by atoms with Crippen molar-refractivity contribution in [2.75, 3.05) is 6.54 Å². The number of carbonyl (C=O) groups is 1. The first-order chi connectivity index (χ1) is 10.2. The van der Waals surface area contributed by atoms with E-state index in [2.05, 4.69) is 5.32 Å². The second-order valence-electron chi connectivity index (χ2n) is 4.74. The minimum Gasteiger partial charge on any atom is -0.481 e. The molecule has 0 radical (unpaired) electrons. The highest BCUT2D eigenvalue weighted by atomic mass is 16.5. The van der Waals surface area contributed by atoms with Gasteiger partial charge in [-0.2, -0.15) is 0 Å². The summed E-state index contributed by atoms with van der Waals surface area (Å²) in [6, 6.07) is 17.5. The molecule has 0 atom stereocenters. The lowest BCUT2D eigenvalue weighted by Gasteiger charge is -2.08. The fraction of sp³-hybridized carbons (Fsp3) is 0.235. The molecule has 0 fully saturated rings. The van der Waals surface area contributed by atoms with Crippen LogP contribution >= 0.6 is 0 Å². The summed E-state index contributed by atoms with van der Waals surface area (Å²) < 4.78 is 5.77. The topological polar surface area (TPSA) is 58.6 Å². The lowest BCUT2D eigenvalue weighted by Crippen LogP contribution is -2.15. The molecule has 0 bridgehead atoms. The van der Waals surface area contributed by atoms with Crippen LogP contribution in [0.25, 0.3) is 0 Å². The van der Waals surface area contributed by atoms with Crippen molar-refractivity contribution in [1.82, 2.24) is 5.32 Å². The van der Waals surface area contributed by atoms with Gasteiger partial charge in [-0.05, 0) is 42.8 Å². The molecule has 0 saturated carbocycles. The zero-order chi connectivity index (χ0) is 14.9. The van der Waals surface area contributed by atoms with E-state index in [1.54, 1.807) is 0 Å². The van der Waals surface area contributed by atoms with Crippen molar-refractivity contribution in [2.24, 2.45) is 0 Å². The Morgan fingerprint density at radius 1 is 1.05 bits per heavy atom. The van der Waals surface area contributed by atoms with Crippen LogP contribution in [0.15, 0.2) is 54.6 Å². The van der Waals surface area contributed by atoms with Gasteiger partial charge in [0.05, 0.1) is 0 Å². The molecule has 0 aromatic heterocycles. The van der Waals surface area contributed by atoms with Crippen molar-refractivity contribution in [3.8, 4) is 11.5 Å². The predicted octanol–water partition coefficient (Wildman–Crippen LogP) is 3.43. The summed E-state index contributed by atoms with van der Waals surface area (Å²) in [5.74, 6) is 0.852. The third kappa shape index (κ3) is 5.67. The maximum Gasteiger partial charge on any atom is 0.303 e. The van der Waals surface area contributed by atoms with Crippen molar-refractivity contribution in [3.05, 3.63) is 60.2 Å². The van der Waals surface area contributed by atoms with Crippen LogP contribution in [0.3, 0.4) is 0 Å². The van der Waals surface area contributed by atoms with E-state index in [4.69, 9.17) is 9.84 Å². The summed E-state index contributed by atoms with van der Waals surface area (Å²) in [6.45, 7) is 1.39. The Bertz CT molecular complexity index is 569. The maximum absolute atomic E-state index is 10.4. The molecule has 0 aliphatic heterocycles. The predicted molar refractivity (Wildman–Crippen MR) is 81.5 cm³/mol. The van der Waals surface area contributed by atoms with Gasteiger partial charge in [-0.25, -0.2) is 0 Å². The van der Waals surface area contributed by atoms with Gasteiger partial charge in [-0.15, -0.1) is 0 Å². The second-order valence-corrected chi connectivity index (χ2v) is 4.74. The Balaban J connectivity index is 1.82. The van der Waals surface area contributed by atoms with Gasteiger partial charge in [-0.1, -0.05) is 30.3 Å². The molecule has 0 aliphatic rings. The third-order valence-electron chi connectivity index (χ3n) is 2.95. The van der Waals surface area contributed by atoms with Crippen LogP contribution in [0, 0.1) is 0 Å². The monoisotopic (exact) mass is 285 g/mol. The largest absolute Gasteiger partial charge is 0.481 e. The standard InChI is InChI=1S/C17H19NO3/c19-17(20)10-5-11-18-13-14-6-4-9-16(12-14)21-15-7-2-1-3-8-15/h1-4,6-9,12,18H,5,10-11,13H2,(H,19,20). The normalized spacial score (nSPS) is 10.3. The van der Waals surface area contributed by atoms with E-state index in [-0.39, 0.29) is 6.42 Å². The van der Waals surface area contributed by atoms with E-state index < -0.39 is 5.97 Å². The van der Waals surface area contributed by atoms with Crippen LogP contribution in [0.5, 0.6) is 11.5 Å². The van der Waals surface area contributed by atoms with Crippen LogP contribution in [-0.2, 0) is 11.3 Å². The number of carboxylic acid groups (broad SMARTS) is 1. The molecule has 0 unspecified atom stereocenters. The van der Waals surface area contributed by atoms with E-state index in [1.807, 2.05) is 54.6 Å². The van der Waals surface area contributed by atoms with Crippen molar-refractivity contribution >= 4 is 5.97 Å². The number of carboxylic acids is 1. The van der Waals surface area contributed by atoms with Crippen LogP contribution in [0.1, 0.15) is 18.4 Å². The zero-order valence-electron chi connectivity index (χ0n) is 11.8. The number of para-hydroxylation sites is 1. The Labute approximate surface area is 124 Å². The number of rotatable bonds is 8. The quantitative estimate of drug-likeness (QED) is 0.729. The number of hydrogen-bond donors (Lipinski definition) is 2. The highest BCUT2D eigenvalue weighted by Crippen LogP contribution is 2.21. The Morgan fingerprint density at radius 3 is 2.57 bits per heavy atom. The molecule has 110 valence electrons. The molecule has 0 spiro atoms. The van der Waals surface area contributed by atoms with Gasteiger partial charge >= 0.3 is 5.97 Å². The number of nitrogens with one attached hydrogen (secondary N) is 1. The van der Waals surface area contributed by atoms with Crippen LogP contribution in [0.2, 0.25) is 0 Å². The number of hydrogen-bond acceptors (Lipinski definition) is 3. The summed E-state index contributed by atoms with van der Waals surface area (Å²) in [5, 5.41) is 11.8. The smallest absolute Gasteiger partial charge is 0.303 e. The van der Waals surface area contributed by atoms with Crippen molar-refractivity contribution in [2.45, 2.75) is 19.4 Å². The van der Waals surface area contributed by atoms with Gasteiger partial charge in [0.1, 0.15) is 11.5 Å². The van der Waals surface area contributed by atoms with Gasteiger partial charge in [0.2, 0.25) is 0 Å². The molecule has 0 saturated heterocycles. The molecule has 2 rings (SSSR count). The summed E-state index contributed by atoms with van der Waals surface area (Å²) in [7, 11) is 0. The lowest BCUT2D eigenvalue weighted by molar-refractivity contribution is -0.137. The fourth-order valence-corrected chi connectivity index (χ4v) is 1.94. The summed E-state index contributed by atoms with van der Waals surface area (Å²) >= 11 is 0. The molecule has 0 heterocycles. The first-order valence-electron chi connectivity index (χ1n) is 6.98. The number of aliphatic carboxylic acids is 1. The van der Waals surface area contributed by atoms with Crippen LogP contribution in [0.4, 0.5) is 0 Å². The van der Waals surface area contributed by atoms with Gasteiger partial charge in [0, 0.05) is 13.0 Å². The molecule has 0 aliphatic carbocycles. The van der Waals surface area contributed by atoms with Crippen molar-refractivity contribution < 1.29 is 14.6 Å². The van der Waals surface area contributed by atoms with Gasteiger partial charge in [0.25, 0.3) is 0 Å². The molecular weight excluding hydrogens is 266 g/mol. The van der Waals surface area contributed by atoms with E-state index in [0.29, 0.717) is 19.5 Å². The third-order valence-corrected chi connectivity index (χ3v) is 2.95. The SMILES string of the molecule is O=C(O)CCCNCc1cccc(Oc2ccccc2)c1. The van der Waals surface area contributed by atoms with Crippen LogP contribution < -0.4 is 10.1 Å². The van der Waals surface area contributed by atoms with E-state index in [9.17, 15) is 4.79 Å². The van der Waals surface area contributed by atoms with Gasteiger partial charge < -0.3 is 15.2 Å². The van der Waals surface area contributed by atoms with E-state index in [0.717, 1.165) is 17.1 Å². The lowest BCUT2D eigenvalue weighted by atomic mass is 10.2. The highest BCUT2D eigenvalue weighted by Gasteiger charge is 2.00. The molecule has 21 heavy (non-hydrogen) atoms. The second kappa shape index (κ2) is 8.07. The fourth-order valence-electron chi connectivity index (χ4n) is 1.94. The average Bonchev–Trinajstić information content (AvgIpc) is 2.48. The minimum absolute atomic E-state index is 0.199. The summed E-state index contributed by atoms with van der Waals surface area (Å²) in [4.78, 5) is 10.4. The molecule has 4 nitrogen and oxygen atoms in total. The van der Waals surface area contributed by atoms with Gasteiger partial charge in [-0.3, -0.25) is 4.79 Å². The van der Waals surface area contributed by atoms with Gasteiger partial charge in [0.15, 0.2) is 0 Å². The molecule has 2 aromatic carbocycles. The maximum atomic E-state index is 10.4. The number of ether oxygens (including phenoxy) is 1. The molecule has 4 heteroatoms. The minimum atomic E-state index is -0.755. The first-order valence-corrected chi connectivity index (χ1v) is 6.98. The molecule has 2 aromatic rings. The van der Waals surface area contributed by atoms with E-state index in [1.165, 1.54) is 0 Å². The molecule has 2 N–H and O–H groups in total. The highest BCUT2D eigenvalue weighted by molar-refractivity contribution is 5.66. The Morgan fingerprint density at radius 2 is 1.81 bits per heavy atom. The Kier molecular flexibility index (Phi) is 5.79. The number of benzene rings is 2. The Hall–Kier alpha value is -2.33. The summed E-state index contributed by atoms with van der Waals surface area (Å²) in [6.07, 6.45) is 0.833. The average molecular weight is 285 g/mol. The summed E-state index contributed by atoms with van der Waals surface area (Å²) in [5.41, 5.74) is 1.11.